The molecule has 0 saturated carbocycles. The van der Waals surface area contributed by atoms with Crippen molar-refractivity contribution < 1.29 is 18.8 Å². The Morgan fingerprint density at radius 1 is 0.781 bits per heavy atom. The van der Waals surface area contributed by atoms with Crippen molar-refractivity contribution in [3.05, 3.63) is 121 Å². The number of aliphatic hydroxyl groups is 1. The number of furan rings is 1. The van der Waals surface area contributed by atoms with Gasteiger partial charge in [0.1, 0.15) is 19.0 Å². The molecule has 1 heterocycles. The van der Waals surface area contributed by atoms with Gasteiger partial charge >= 0.3 is 0 Å². The summed E-state index contributed by atoms with van der Waals surface area (Å²) < 4.78 is 26.3. The van der Waals surface area contributed by atoms with Crippen LogP contribution in [0.2, 0.25) is 0 Å². The fourth-order valence-electron chi connectivity index (χ4n) is 3.99. The van der Waals surface area contributed by atoms with Crippen molar-refractivity contribution in [2.75, 3.05) is 6.61 Å². The minimum Gasteiger partial charge on any atom is -0.467 e. The lowest BCUT2D eigenvalue weighted by molar-refractivity contribution is 0.0921. The first-order chi connectivity index (χ1) is 15.7. The third-order valence-corrected chi connectivity index (χ3v) is 9.22. The molecule has 4 nitrogen and oxygen atoms in total. The molecule has 0 amide bonds. The summed E-state index contributed by atoms with van der Waals surface area (Å²) in [6.07, 6.45) is 0.907. The SMILES string of the molecule is O=P(c1ccccc1)(c1ccccc1)[C@H](CCOCc1ccccc1)[C@@H](O)c1ccco1. The van der Waals surface area contributed by atoms with Gasteiger partial charge in [-0.2, -0.15) is 0 Å². The van der Waals surface area contributed by atoms with Crippen LogP contribution in [-0.2, 0) is 15.9 Å². The zero-order valence-corrected chi connectivity index (χ0v) is 18.7. The lowest BCUT2D eigenvalue weighted by atomic mass is 10.1. The summed E-state index contributed by atoms with van der Waals surface area (Å²) in [4.78, 5) is 0. The van der Waals surface area contributed by atoms with Gasteiger partial charge in [-0.3, -0.25) is 0 Å². The molecule has 0 aliphatic carbocycles. The van der Waals surface area contributed by atoms with E-state index in [1.54, 1.807) is 12.1 Å². The van der Waals surface area contributed by atoms with Crippen LogP contribution in [0.15, 0.2) is 114 Å². The normalized spacial score (nSPS) is 13.5. The van der Waals surface area contributed by atoms with Crippen LogP contribution in [-0.4, -0.2) is 17.4 Å². The summed E-state index contributed by atoms with van der Waals surface area (Å²) in [6, 6.07) is 32.2. The first-order valence-electron chi connectivity index (χ1n) is 10.7. The van der Waals surface area contributed by atoms with Crippen molar-refractivity contribution in [1.29, 1.82) is 0 Å². The topological polar surface area (TPSA) is 59.7 Å². The maximum absolute atomic E-state index is 14.9. The highest BCUT2D eigenvalue weighted by atomic mass is 31.2. The smallest absolute Gasteiger partial charge is 0.149 e. The molecule has 0 unspecified atom stereocenters. The molecular weight excluding hydrogens is 419 g/mol. The van der Waals surface area contributed by atoms with E-state index in [1.807, 2.05) is 91.0 Å². The second kappa shape index (κ2) is 10.6. The van der Waals surface area contributed by atoms with Crippen LogP contribution in [0.5, 0.6) is 0 Å². The number of ether oxygens (including phenoxy) is 1. The number of hydrogen-bond donors (Lipinski definition) is 1. The molecule has 1 N–H and O–H groups in total. The molecule has 4 rings (SSSR count). The van der Waals surface area contributed by atoms with Gasteiger partial charge in [-0.05, 0) is 24.1 Å². The van der Waals surface area contributed by atoms with Crippen molar-refractivity contribution in [3.63, 3.8) is 0 Å². The van der Waals surface area contributed by atoms with Gasteiger partial charge in [0.15, 0.2) is 0 Å². The van der Waals surface area contributed by atoms with E-state index in [1.165, 1.54) is 6.26 Å². The Hall–Kier alpha value is -2.91. The predicted octanol–water partition coefficient (Wildman–Crippen LogP) is 5.30. The third kappa shape index (κ3) is 4.94. The number of rotatable bonds is 10. The van der Waals surface area contributed by atoms with Gasteiger partial charge in [-0.1, -0.05) is 91.0 Å². The van der Waals surface area contributed by atoms with E-state index in [4.69, 9.17) is 9.15 Å². The second-order valence-electron chi connectivity index (χ2n) is 7.68. The van der Waals surface area contributed by atoms with E-state index in [0.717, 1.165) is 5.56 Å². The highest BCUT2D eigenvalue weighted by Gasteiger charge is 2.42. The van der Waals surface area contributed by atoms with Gasteiger partial charge in [0, 0.05) is 17.2 Å². The van der Waals surface area contributed by atoms with Crippen molar-refractivity contribution in [1.82, 2.24) is 0 Å². The zero-order chi connectivity index (χ0) is 22.2. The molecule has 3 aromatic carbocycles. The van der Waals surface area contributed by atoms with Gasteiger partial charge in [-0.25, -0.2) is 0 Å². The van der Waals surface area contributed by atoms with Gasteiger partial charge < -0.3 is 18.8 Å². The number of benzene rings is 3. The Balaban J connectivity index is 1.66. The van der Waals surface area contributed by atoms with E-state index in [0.29, 0.717) is 36.0 Å². The summed E-state index contributed by atoms with van der Waals surface area (Å²) >= 11 is 0. The average molecular weight is 446 g/mol. The van der Waals surface area contributed by atoms with Crippen LogP contribution in [0.1, 0.15) is 23.8 Å². The molecule has 0 radical (unpaired) electrons. The molecule has 0 aliphatic heterocycles. The van der Waals surface area contributed by atoms with Crippen LogP contribution < -0.4 is 10.6 Å². The van der Waals surface area contributed by atoms with Crippen molar-refractivity contribution in [3.8, 4) is 0 Å². The largest absolute Gasteiger partial charge is 0.467 e. The monoisotopic (exact) mass is 446 g/mol. The van der Waals surface area contributed by atoms with Crippen molar-refractivity contribution in [2.24, 2.45) is 0 Å². The summed E-state index contributed by atoms with van der Waals surface area (Å²) in [5.74, 6) is 0.408. The maximum atomic E-state index is 14.9. The average Bonchev–Trinajstić information content (AvgIpc) is 3.40. The molecular formula is C27H27O4P. The van der Waals surface area contributed by atoms with Crippen LogP contribution >= 0.6 is 7.14 Å². The number of aliphatic hydroxyl groups excluding tert-OH is 1. The van der Waals surface area contributed by atoms with Crippen LogP contribution in [0, 0.1) is 0 Å². The van der Waals surface area contributed by atoms with Gasteiger partial charge in [0.2, 0.25) is 0 Å². The zero-order valence-electron chi connectivity index (χ0n) is 17.8. The molecule has 164 valence electrons. The minimum atomic E-state index is -3.23. The molecule has 5 heteroatoms. The summed E-state index contributed by atoms with van der Waals surface area (Å²) in [5.41, 5.74) is 0.471. The Morgan fingerprint density at radius 3 is 1.88 bits per heavy atom. The maximum Gasteiger partial charge on any atom is 0.149 e. The standard InChI is InChI=1S/C27H27O4P/c28-27(25-17-10-19-31-25)26(18-20-30-21-22-11-4-1-5-12-22)32(29,23-13-6-2-7-14-23)24-15-8-3-9-16-24/h1-17,19,26-28H,18,20-21H2/t26-,27+/m1/s1. The highest BCUT2D eigenvalue weighted by Crippen LogP contribution is 2.54. The quantitative estimate of drug-likeness (QED) is 0.265. The summed E-state index contributed by atoms with van der Waals surface area (Å²) in [5, 5.41) is 12.7. The molecule has 0 aliphatic rings. The molecule has 1 aromatic heterocycles. The fourth-order valence-corrected chi connectivity index (χ4v) is 7.29. The first kappa shape index (κ1) is 22.3. The van der Waals surface area contributed by atoms with Crippen molar-refractivity contribution in [2.45, 2.75) is 24.8 Å². The predicted molar refractivity (Wildman–Crippen MR) is 128 cm³/mol. The van der Waals surface area contributed by atoms with Gasteiger partial charge in [-0.15, -0.1) is 0 Å². The molecule has 0 spiro atoms. The van der Waals surface area contributed by atoms with Crippen LogP contribution in [0.25, 0.3) is 0 Å². The van der Waals surface area contributed by atoms with E-state index >= 15 is 0 Å². The van der Waals surface area contributed by atoms with E-state index in [9.17, 15) is 9.67 Å². The van der Waals surface area contributed by atoms with E-state index in [2.05, 4.69) is 0 Å². The molecule has 32 heavy (non-hydrogen) atoms. The lowest BCUT2D eigenvalue weighted by Gasteiger charge is -2.31. The summed E-state index contributed by atoms with van der Waals surface area (Å²) in [7, 11) is -3.23. The number of hydrogen-bond acceptors (Lipinski definition) is 4. The molecule has 0 saturated heterocycles. The van der Waals surface area contributed by atoms with E-state index in [-0.39, 0.29) is 0 Å². The molecule has 0 fully saturated rings. The Labute approximate surface area is 188 Å². The highest BCUT2D eigenvalue weighted by molar-refractivity contribution is 7.79. The molecule has 2 atom stereocenters. The second-order valence-corrected chi connectivity index (χ2v) is 10.7. The minimum absolute atomic E-state index is 0.362. The molecule has 0 bridgehead atoms. The fraction of sp³-hybridized carbons (Fsp3) is 0.185. The lowest BCUT2D eigenvalue weighted by Crippen LogP contribution is -2.31. The van der Waals surface area contributed by atoms with Crippen molar-refractivity contribution >= 4 is 17.8 Å². The Morgan fingerprint density at radius 2 is 1.34 bits per heavy atom. The van der Waals surface area contributed by atoms with Crippen LogP contribution in [0.4, 0.5) is 0 Å². The Bertz CT molecular complexity index is 1070. The summed E-state index contributed by atoms with van der Waals surface area (Å²) in [6.45, 7) is 0.826. The van der Waals surface area contributed by atoms with Gasteiger partial charge in [0.05, 0.1) is 18.5 Å². The Kier molecular flexibility index (Phi) is 7.39. The third-order valence-electron chi connectivity index (χ3n) is 5.62. The molecule has 4 aromatic rings. The van der Waals surface area contributed by atoms with Crippen LogP contribution in [0.3, 0.4) is 0 Å². The first-order valence-corrected chi connectivity index (χ1v) is 12.5. The van der Waals surface area contributed by atoms with E-state index < -0.39 is 18.9 Å². The van der Waals surface area contributed by atoms with Gasteiger partial charge in [0.25, 0.3) is 0 Å².